The molecule has 0 bridgehead atoms. The van der Waals surface area contributed by atoms with Gasteiger partial charge in [0.2, 0.25) is 5.91 Å². The summed E-state index contributed by atoms with van der Waals surface area (Å²) in [4.78, 5) is 53.9. The molecule has 0 radical (unpaired) electrons. The molecule has 1 aliphatic heterocycles. The van der Waals surface area contributed by atoms with E-state index in [1.807, 2.05) is 0 Å². The fourth-order valence-electron chi connectivity index (χ4n) is 3.19. The van der Waals surface area contributed by atoms with Gasteiger partial charge in [-0.05, 0) is 42.0 Å². The third-order valence-electron chi connectivity index (χ3n) is 4.81. The molecule has 4 rings (SSSR count). The fourth-order valence-corrected chi connectivity index (χ4v) is 3.19. The van der Waals surface area contributed by atoms with E-state index in [0.717, 1.165) is 10.5 Å². The van der Waals surface area contributed by atoms with Gasteiger partial charge >= 0.3 is 0 Å². The van der Waals surface area contributed by atoms with Gasteiger partial charge in [0.1, 0.15) is 6.54 Å². The lowest BCUT2D eigenvalue weighted by molar-refractivity contribution is -0.121. The lowest BCUT2D eigenvalue weighted by atomic mass is 10.1. The van der Waals surface area contributed by atoms with Crippen LogP contribution in [0.25, 0.3) is 0 Å². The zero-order valence-corrected chi connectivity index (χ0v) is 16.4. The zero-order valence-electron chi connectivity index (χ0n) is 16.4. The van der Waals surface area contributed by atoms with Gasteiger partial charge in [0.15, 0.2) is 0 Å². The van der Waals surface area contributed by atoms with E-state index in [1.165, 1.54) is 6.20 Å². The Morgan fingerprint density at radius 2 is 1.55 bits per heavy atom. The molecule has 0 saturated carbocycles. The first-order valence-corrected chi connectivity index (χ1v) is 9.55. The number of hydrogen-bond donors (Lipinski definition) is 2. The van der Waals surface area contributed by atoms with Crippen LogP contribution in [0.1, 0.15) is 36.6 Å². The van der Waals surface area contributed by atoms with Crippen molar-refractivity contribution >= 4 is 29.3 Å². The number of nitrogens with one attached hydrogen (secondary N) is 2. The van der Waals surface area contributed by atoms with Gasteiger partial charge in [-0.15, -0.1) is 0 Å². The Morgan fingerprint density at radius 1 is 0.871 bits per heavy atom. The quantitative estimate of drug-likeness (QED) is 0.602. The topological polar surface area (TPSA) is 108 Å². The number of carbonyl (C=O) groups is 4. The number of hydrogen-bond acceptors (Lipinski definition) is 5. The molecule has 2 N–H and O–H groups in total. The summed E-state index contributed by atoms with van der Waals surface area (Å²) in [5.41, 5.74) is 2.48. The molecular weight excluding hydrogens is 396 g/mol. The van der Waals surface area contributed by atoms with Crippen LogP contribution >= 0.6 is 0 Å². The second-order valence-corrected chi connectivity index (χ2v) is 6.91. The highest BCUT2D eigenvalue weighted by Gasteiger charge is 2.36. The van der Waals surface area contributed by atoms with E-state index in [2.05, 4.69) is 15.6 Å². The van der Waals surface area contributed by atoms with Crippen LogP contribution in [0.15, 0.2) is 73.1 Å². The predicted molar refractivity (Wildman–Crippen MR) is 112 cm³/mol. The van der Waals surface area contributed by atoms with Crippen LogP contribution in [0.2, 0.25) is 0 Å². The summed E-state index contributed by atoms with van der Waals surface area (Å²) < 4.78 is 0. The molecular formula is C23H18N4O4. The van der Waals surface area contributed by atoms with Crippen LogP contribution in [0.5, 0.6) is 0 Å². The third-order valence-corrected chi connectivity index (χ3v) is 4.81. The number of pyridine rings is 1. The summed E-state index contributed by atoms with van der Waals surface area (Å²) in [5.74, 6) is -1.65. The maximum atomic E-state index is 12.3. The number of benzene rings is 2. The molecule has 154 valence electrons. The summed E-state index contributed by atoms with van der Waals surface area (Å²) in [6.45, 7) is -0.121. The van der Waals surface area contributed by atoms with Crippen molar-refractivity contribution in [3.8, 4) is 0 Å². The molecule has 2 heterocycles. The molecule has 0 unspecified atom stereocenters. The van der Waals surface area contributed by atoms with E-state index in [1.54, 1.807) is 66.9 Å². The second-order valence-electron chi connectivity index (χ2n) is 6.91. The van der Waals surface area contributed by atoms with E-state index in [4.69, 9.17) is 0 Å². The number of carbonyl (C=O) groups excluding carboxylic acids is 4. The van der Waals surface area contributed by atoms with Gasteiger partial charge in [0.05, 0.1) is 16.7 Å². The highest BCUT2D eigenvalue weighted by Crippen LogP contribution is 2.22. The zero-order chi connectivity index (χ0) is 21.8. The van der Waals surface area contributed by atoms with Gasteiger partial charge in [0, 0.05) is 24.6 Å². The molecule has 0 fully saturated rings. The molecule has 0 aliphatic carbocycles. The van der Waals surface area contributed by atoms with Crippen LogP contribution < -0.4 is 10.6 Å². The lowest BCUT2D eigenvalue weighted by Crippen LogP contribution is -2.40. The number of aromatic nitrogens is 1. The predicted octanol–water partition coefficient (Wildman–Crippen LogP) is 2.25. The van der Waals surface area contributed by atoms with Crippen LogP contribution in [-0.4, -0.2) is 40.1 Å². The maximum absolute atomic E-state index is 12.3. The van der Waals surface area contributed by atoms with Crippen molar-refractivity contribution in [3.63, 3.8) is 0 Å². The molecule has 31 heavy (non-hydrogen) atoms. The fraction of sp³-hybridized carbons (Fsp3) is 0.0870. The summed E-state index contributed by atoms with van der Waals surface area (Å²) in [5, 5.41) is 5.47. The number of nitrogens with zero attached hydrogens (tertiary/aromatic N) is 2. The van der Waals surface area contributed by atoms with Crippen molar-refractivity contribution in [1.29, 1.82) is 0 Å². The van der Waals surface area contributed by atoms with Crippen molar-refractivity contribution in [3.05, 3.63) is 95.3 Å². The van der Waals surface area contributed by atoms with Crippen LogP contribution in [0.4, 0.5) is 5.69 Å². The Bertz CT molecular complexity index is 1120. The molecule has 0 saturated heterocycles. The minimum atomic E-state index is -0.468. The lowest BCUT2D eigenvalue weighted by Gasteiger charge is -2.14. The van der Waals surface area contributed by atoms with E-state index in [9.17, 15) is 19.2 Å². The Morgan fingerprint density at radius 3 is 2.16 bits per heavy atom. The third kappa shape index (κ3) is 4.32. The van der Waals surface area contributed by atoms with Crippen molar-refractivity contribution in [2.75, 3.05) is 11.9 Å². The Labute approximate surface area is 177 Å². The maximum Gasteiger partial charge on any atom is 0.262 e. The average Bonchev–Trinajstić information content (AvgIpc) is 3.04. The van der Waals surface area contributed by atoms with Gasteiger partial charge in [-0.25, -0.2) is 0 Å². The standard InChI is InChI=1S/C23H18N4O4/c28-20(14-27-22(30)18-5-1-2-6-19(18)23(27)31)25-12-15-7-9-17(10-8-15)26-21(29)16-4-3-11-24-13-16/h1-11,13H,12,14H2,(H,25,28)(H,26,29). The average molecular weight is 414 g/mol. The minimum absolute atomic E-state index is 0.221. The number of rotatable bonds is 6. The molecule has 0 atom stereocenters. The van der Waals surface area contributed by atoms with Gasteiger partial charge in [-0.2, -0.15) is 0 Å². The molecule has 3 aromatic rings. The largest absolute Gasteiger partial charge is 0.350 e. The van der Waals surface area contributed by atoms with Crippen LogP contribution in [-0.2, 0) is 11.3 Å². The number of fused-ring (bicyclic) bond motifs is 1. The molecule has 1 aliphatic rings. The molecule has 4 amide bonds. The van der Waals surface area contributed by atoms with E-state index >= 15 is 0 Å². The summed E-state index contributed by atoms with van der Waals surface area (Å²) in [6, 6.07) is 16.8. The monoisotopic (exact) mass is 414 g/mol. The summed E-state index contributed by atoms with van der Waals surface area (Å²) >= 11 is 0. The Hall–Kier alpha value is -4.33. The number of anilines is 1. The van der Waals surface area contributed by atoms with Gasteiger partial charge < -0.3 is 10.6 Å². The molecule has 1 aromatic heterocycles. The normalized spacial score (nSPS) is 12.5. The smallest absolute Gasteiger partial charge is 0.262 e. The van der Waals surface area contributed by atoms with E-state index < -0.39 is 17.7 Å². The summed E-state index contributed by atoms with van der Waals surface area (Å²) in [7, 11) is 0. The number of amides is 4. The highest BCUT2D eigenvalue weighted by molar-refractivity contribution is 6.22. The Balaban J connectivity index is 1.30. The van der Waals surface area contributed by atoms with Gasteiger partial charge in [0.25, 0.3) is 17.7 Å². The summed E-state index contributed by atoms with van der Waals surface area (Å²) in [6.07, 6.45) is 3.07. The van der Waals surface area contributed by atoms with Crippen LogP contribution in [0, 0.1) is 0 Å². The van der Waals surface area contributed by atoms with Crippen LogP contribution in [0.3, 0.4) is 0 Å². The molecule has 8 nitrogen and oxygen atoms in total. The number of imide groups is 1. The highest BCUT2D eigenvalue weighted by atomic mass is 16.2. The molecule has 2 aromatic carbocycles. The first kappa shape index (κ1) is 20.0. The molecule has 8 heteroatoms. The van der Waals surface area contributed by atoms with Gasteiger partial charge in [-0.1, -0.05) is 24.3 Å². The SMILES string of the molecule is O=C(CN1C(=O)c2ccccc2C1=O)NCc1ccc(NC(=O)c2cccnc2)cc1. The second kappa shape index (κ2) is 8.58. The van der Waals surface area contributed by atoms with Crippen molar-refractivity contribution in [2.45, 2.75) is 6.54 Å². The molecule has 0 spiro atoms. The van der Waals surface area contributed by atoms with Gasteiger partial charge in [-0.3, -0.25) is 29.1 Å². The first-order valence-electron chi connectivity index (χ1n) is 9.55. The Kier molecular flexibility index (Phi) is 5.53. The van der Waals surface area contributed by atoms with Crippen molar-refractivity contribution < 1.29 is 19.2 Å². The van der Waals surface area contributed by atoms with Crippen molar-refractivity contribution in [1.82, 2.24) is 15.2 Å². The minimum Gasteiger partial charge on any atom is -0.350 e. The van der Waals surface area contributed by atoms with Crippen molar-refractivity contribution in [2.24, 2.45) is 0 Å². The van der Waals surface area contributed by atoms with E-state index in [-0.39, 0.29) is 19.0 Å². The van der Waals surface area contributed by atoms with E-state index in [0.29, 0.717) is 22.4 Å². The first-order chi connectivity index (χ1) is 15.0.